The lowest BCUT2D eigenvalue weighted by Crippen LogP contribution is -2.22. The molecule has 0 aromatic carbocycles. The summed E-state index contributed by atoms with van der Waals surface area (Å²) in [6.07, 6.45) is 1.71. The van der Waals surface area contributed by atoms with E-state index in [1.165, 1.54) is 11.3 Å². The molecule has 1 rings (SSSR count). The molecule has 0 saturated heterocycles. The Balaban J connectivity index is 2.40. The van der Waals surface area contributed by atoms with Gasteiger partial charge in [-0.1, -0.05) is 0 Å². The molecule has 0 fully saturated rings. The molecule has 3 nitrogen and oxygen atoms in total. The monoisotopic (exact) mass is 199 g/mol. The zero-order valence-corrected chi connectivity index (χ0v) is 8.85. The highest BCUT2D eigenvalue weighted by Gasteiger charge is 2.22. The SMILES string of the molecule is CC(C)(C)C(=O)OCc1cncs1. The Bertz CT molecular complexity index is 274. The quantitative estimate of drug-likeness (QED) is 0.686. The number of carbonyl (C=O) groups excluding carboxylic acids is 1. The molecule has 1 heterocycles. The Morgan fingerprint density at radius 2 is 2.31 bits per heavy atom. The smallest absolute Gasteiger partial charge is 0.311 e. The maximum Gasteiger partial charge on any atom is 0.311 e. The van der Waals surface area contributed by atoms with Crippen LogP contribution in [0.3, 0.4) is 0 Å². The highest BCUT2D eigenvalue weighted by molar-refractivity contribution is 7.09. The van der Waals surface area contributed by atoms with Gasteiger partial charge >= 0.3 is 5.97 Å². The van der Waals surface area contributed by atoms with Gasteiger partial charge < -0.3 is 4.74 Å². The highest BCUT2D eigenvalue weighted by Crippen LogP contribution is 2.17. The molecule has 0 amide bonds. The van der Waals surface area contributed by atoms with Gasteiger partial charge in [-0.25, -0.2) is 0 Å². The molecule has 0 aliphatic heterocycles. The highest BCUT2D eigenvalue weighted by atomic mass is 32.1. The van der Waals surface area contributed by atoms with Gasteiger partial charge in [0.05, 0.1) is 15.8 Å². The Hall–Kier alpha value is -0.900. The number of hydrogen-bond donors (Lipinski definition) is 0. The van der Waals surface area contributed by atoms with E-state index in [1.807, 2.05) is 20.8 Å². The number of carbonyl (C=O) groups is 1. The number of ether oxygens (including phenoxy) is 1. The van der Waals surface area contributed by atoms with Crippen molar-refractivity contribution in [3.63, 3.8) is 0 Å². The van der Waals surface area contributed by atoms with E-state index in [-0.39, 0.29) is 5.97 Å². The normalized spacial score (nSPS) is 11.3. The van der Waals surface area contributed by atoms with Crippen LogP contribution in [0.5, 0.6) is 0 Å². The summed E-state index contributed by atoms with van der Waals surface area (Å²) < 4.78 is 5.08. The van der Waals surface area contributed by atoms with Crippen molar-refractivity contribution in [3.8, 4) is 0 Å². The number of rotatable bonds is 2. The number of thiazole rings is 1. The van der Waals surface area contributed by atoms with Crippen LogP contribution in [0.25, 0.3) is 0 Å². The van der Waals surface area contributed by atoms with E-state index < -0.39 is 5.41 Å². The third-order valence-electron chi connectivity index (χ3n) is 1.44. The van der Waals surface area contributed by atoms with E-state index in [0.717, 1.165) is 4.88 Å². The summed E-state index contributed by atoms with van der Waals surface area (Å²) in [4.78, 5) is 16.2. The maximum absolute atomic E-state index is 11.3. The molecule has 0 N–H and O–H groups in total. The Morgan fingerprint density at radius 3 is 2.77 bits per heavy atom. The van der Waals surface area contributed by atoms with Gasteiger partial charge in [-0.2, -0.15) is 0 Å². The van der Waals surface area contributed by atoms with Crippen molar-refractivity contribution in [2.75, 3.05) is 0 Å². The zero-order valence-electron chi connectivity index (χ0n) is 8.03. The molecular weight excluding hydrogens is 186 g/mol. The van der Waals surface area contributed by atoms with Crippen LogP contribution in [0.2, 0.25) is 0 Å². The third kappa shape index (κ3) is 3.14. The van der Waals surface area contributed by atoms with E-state index in [2.05, 4.69) is 4.98 Å². The lowest BCUT2D eigenvalue weighted by Gasteiger charge is -2.15. The van der Waals surface area contributed by atoms with Gasteiger partial charge in [0.15, 0.2) is 0 Å². The molecule has 0 spiro atoms. The summed E-state index contributed by atoms with van der Waals surface area (Å²) in [6.45, 7) is 5.84. The predicted octanol–water partition coefficient (Wildman–Crippen LogP) is 2.23. The first-order valence-electron chi connectivity index (χ1n) is 4.05. The van der Waals surface area contributed by atoms with Crippen molar-refractivity contribution < 1.29 is 9.53 Å². The van der Waals surface area contributed by atoms with Gasteiger partial charge in [0, 0.05) is 6.20 Å². The summed E-state index contributed by atoms with van der Waals surface area (Å²) >= 11 is 1.49. The van der Waals surface area contributed by atoms with Gasteiger partial charge in [0.2, 0.25) is 0 Å². The van der Waals surface area contributed by atoms with Crippen LogP contribution in [0, 0.1) is 5.41 Å². The summed E-state index contributed by atoms with van der Waals surface area (Å²) in [5.41, 5.74) is 1.30. The van der Waals surface area contributed by atoms with Gasteiger partial charge in [-0.15, -0.1) is 11.3 Å². The van der Waals surface area contributed by atoms with Crippen molar-refractivity contribution in [2.24, 2.45) is 5.41 Å². The lowest BCUT2D eigenvalue weighted by molar-refractivity contribution is -0.154. The van der Waals surface area contributed by atoms with E-state index in [0.29, 0.717) is 6.61 Å². The first-order chi connectivity index (χ1) is 6.00. The molecule has 0 atom stereocenters. The van der Waals surface area contributed by atoms with Crippen molar-refractivity contribution in [2.45, 2.75) is 27.4 Å². The standard InChI is InChI=1S/C9H13NO2S/c1-9(2,3)8(11)12-5-7-4-10-6-13-7/h4,6H,5H2,1-3H3. The first kappa shape index (κ1) is 10.2. The van der Waals surface area contributed by atoms with Gasteiger partial charge in [-0.05, 0) is 20.8 Å². The van der Waals surface area contributed by atoms with Gasteiger partial charge in [0.25, 0.3) is 0 Å². The summed E-state index contributed by atoms with van der Waals surface area (Å²) in [5.74, 6) is -0.180. The van der Waals surface area contributed by atoms with Crippen LogP contribution < -0.4 is 0 Å². The second-order valence-corrected chi connectivity index (χ2v) is 4.76. The fourth-order valence-electron chi connectivity index (χ4n) is 0.667. The van der Waals surface area contributed by atoms with Crippen LogP contribution >= 0.6 is 11.3 Å². The van der Waals surface area contributed by atoms with E-state index >= 15 is 0 Å². The zero-order chi connectivity index (χ0) is 9.90. The van der Waals surface area contributed by atoms with Gasteiger partial charge in [-0.3, -0.25) is 9.78 Å². The number of aromatic nitrogens is 1. The van der Waals surface area contributed by atoms with E-state index in [9.17, 15) is 4.79 Å². The molecule has 0 bridgehead atoms. The van der Waals surface area contributed by atoms with Crippen molar-refractivity contribution in [3.05, 3.63) is 16.6 Å². The molecular formula is C9H13NO2S. The molecule has 0 aliphatic rings. The van der Waals surface area contributed by atoms with Crippen LogP contribution in [-0.4, -0.2) is 11.0 Å². The molecule has 0 unspecified atom stereocenters. The van der Waals surface area contributed by atoms with E-state index in [1.54, 1.807) is 11.7 Å². The Kier molecular flexibility index (Phi) is 3.03. The molecule has 1 aromatic rings. The van der Waals surface area contributed by atoms with Crippen molar-refractivity contribution in [1.82, 2.24) is 4.98 Å². The average molecular weight is 199 g/mol. The fourth-order valence-corrected chi connectivity index (χ4v) is 1.17. The molecule has 4 heteroatoms. The fraction of sp³-hybridized carbons (Fsp3) is 0.556. The molecule has 0 radical (unpaired) electrons. The van der Waals surface area contributed by atoms with Crippen LogP contribution in [0.1, 0.15) is 25.6 Å². The molecule has 0 saturated carbocycles. The van der Waals surface area contributed by atoms with Crippen molar-refractivity contribution in [1.29, 1.82) is 0 Å². The molecule has 72 valence electrons. The minimum absolute atomic E-state index is 0.180. The largest absolute Gasteiger partial charge is 0.459 e. The minimum Gasteiger partial charge on any atom is -0.459 e. The second kappa shape index (κ2) is 3.87. The third-order valence-corrected chi connectivity index (χ3v) is 2.19. The van der Waals surface area contributed by atoms with Crippen LogP contribution in [0.15, 0.2) is 11.7 Å². The molecule has 1 aromatic heterocycles. The van der Waals surface area contributed by atoms with Gasteiger partial charge in [0.1, 0.15) is 6.61 Å². The second-order valence-electron chi connectivity index (χ2n) is 3.79. The average Bonchev–Trinajstić information content (AvgIpc) is 2.50. The Morgan fingerprint density at radius 1 is 1.62 bits per heavy atom. The topological polar surface area (TPSA) is 39.2 Å². The Labute approximate surface area is 81.8 Å². The van der Waals surface area contributed by atoms with Crippen LogP contribution in [0.4, 0.5) is 0 Å². The molecule has 0 aliphatic carbocycles. The molecule has 13 heavy (non-hydrogen) atoms. The number of hydrogen-bond acceptors (Lipinski definition) is 4. The lowest BCUT2D eigenvalue weighted by atomic mass is 9.97. The predicted molar refractivity (Wildman–Crippen MR) is 51.4 cm³/mol. The first-order valence-corrected chi connectivity index (χ1v) is 4.93. The van der Waals surface area contributed by atoms with Crippen molar-refractivity contribution >= 4 is 17.3 Å². The minimum atomic E-state index is -0.426. The van der Waals surface area contributed by atoms with Crippen LogP contribution in [-0.2, 0) is 16.1 Å². The summed E-state index contributed by atoms with van der Waals surface area (Å²) in [5, 5.41) is 0. The number of nitrogens with zero attached hydrogens (tertiary/aromatic N) is 1. The summed E-state index contributed by atoms with van der Waals surface area (Å²) in [7, 11) is 0. The van der Waals surface area contributed by atoms with E-state index in [4.69, 9.17) is 4.74 Å². The number of esters is 1. The maximum atomic E-state index is 11.3. The summed E-state index contributed by atoms with van der Waals surface area (Å²) in [6, 6.07) is 0.